The summed E-state index contributed by atoms with van der Waals surface area (Å²) in [4.78, 5) is 22.6. The molecule has 7 heteroatoms. The number of carbonyl (C=O) groups is 1. The van der Waals surface area contributed by atoms with Crippen LogP contribution in [-0.4, -0.2) is 49.0 Å². The Morgan fingerprint density at radius 1 is 1.07 bits per heavy atom. The van der Waals surface area contributed by atoms with Crippen molar-refractivity contribution in [1.29, 1.82) is 0 Å². The van der Waals surface area contributed by atoms with Crippen molar-refractivity contribution in [3.05, 3.63) is 70.2 Å². The van der Waals surface area contributed by atoms with Crippen LogP contribution in [0.25, 0.3) is 0 Å². The van der Waals surface area contributed by atoms with Crippen LogP contribution in [0.2, 0.25) is 0 Å². The SMILES string of the molecule is Cc1nc(COc2ccccc2)sc1C(=O)Nc1ccc(N2CCN(C)CC2)cc1. The zero-order chi connectivity index (χ0) is 20.9. The Kier molecular flexibility index (Phi) is 6.30. The number of aryl methyl sites for hydroxylation is 1. The highest BCUT2D eigenvalue weighted by molar-refractivity contribution is 7.13. The van der Waals surface area contributed by atoms with E-state index >= 15 is 0 Å². The third kappa shape index (κ3) is 4.98. The number of nitrogens with one attached hydrogen (secondary N) is 1. The zero-order valence-electron chi connectivity index (χ0n) is 17.3. The Morgan fingerprint density at radius 2 is 1.77 bits per heavy atom. The first-order valence-corrected chi connectivity index (χ1v) is 10.9. The van der Waals surface area contributed by atoms with Gasteiger partial charge in [0.1, 0.15) is 22.2 Å². The third-order valence-corrected chi connectivity index (χ3v) is 6.28. The normalized spacial score (nSPS) is 14.5. The summed E-state index contributed by atoms with van der Waals surface area (Å²) in [6, 6.07) is 17.7. The second-order valence-electron chi connectivity index (χ2n) is 7.42. The van der Waals surface area contributed by atoms with Crippen molar-refractivity contribution in [3.63, 3.8) is 0 Å². The number of thiazole rings is 1. The molecule has 1 aliphatic rings. The summed E-state index contributed by atoms with van der Waals surface area (Å²) in [6.07, 6.45) is 0. The highest BCUT2D eigenvalue weighted by Crippen LogP contribution is 2.23. The molecular formula is C23H26N4O2S. The Bertz CT molecular complexity index is 980. The van der Waals surface area contributed by atoms with E-state index in [-0.39, 0.29) is 5.91 Å². The number of rotatable bonds is 6. The van der Waals surface area contributed by atoms with Crippen LogP contribution in [0.3, 0.4) is 0 Å². The molecule has 0 saturated carbocycles. The van der Waals surface area contributed by atoms with E-state index in [4.69, 9.17) is 4.74 Å². The smallest absolute Gasteiger partial charge is 0.267 e. The average Bonchev–Trinajstić information content (AvgIpc) is 3.15. The maximum atomic E-state index is 12.7. The number of piperazine rings is 1. The number of para-hydroxylation sites is 1. The molecule has 1 amide bonds. The molecular weight excluding hydrogens is 396 g/mol. The highest BCUT2D eigenvalue weighted by Gasteiger charge is 2.17. The van der Waals surface area contributed by atoms with E-state index in [0.29, 0.717) is 11.5 Å². The summed E-state index contributed by atoms with van der Waals surface area (Å²) < 4.78 is 5.74. The maximum Gasteiger partial charge on any atom is 0.267 e. The fourth-order valence-electron chi connectivity index (χ4n) is 3.39. The minimum absolute atomic E-state index is 0.136. The number of likely N-dealkylation sites (N-methyl/N-ethyl adjacent to an activating group) is 1. The van der Waals surface area contributed by atoms with Crippen LogP contribution < -0.4 is 15.0 Å². The van der Waals surface area contributed by atoms with Gasteiger partial charge in [-0.2, -0.15) is 0 Å². The Hall–Kier alpha value is -2.90. The largest absolute Gasteiger partial charge is 0.486 e. The van der Waals surface area contributed by atoms with E-state index in [1.165, 1.54) is 17.0 Å². The summed E-state index contributed by atoms with van der Waals surface area (Å²) in [5, 5.41) is 3.77. The van der Waals surface area contributed by atoms with Gasteiger partial charge in [-0.25, -0.2) is 4.98 Å². The number of anilines is 2. The van der Waals surface area contributed by atoms with Crippen molar-refractivity contribution < 1.29 is 9.53 Å². The number of nitrogens with zero attached hydrogens (tertiary/aromatic N) is 3. The van der Waals surface area contributed by atoms with Crippen LogP contribution in [0.15, 0.2) is 54.6 Å². The van der Waals surface area contributed by atoms with Crippen LogP contribution in [0.4, 0.5) is 11.4 Å². The topological polar surface area (TPSA) is 57.7 Å². The minimum Gasteiger partial charge on any atom is -0.486 e. The van der Waals surface area contributed by atoms with E-state index in [2.05, 4.69) is 39.3 Å². The standard InChI is InChI=1S/C23H26N4O2S/c1-17-22(30-21(24-17)16-29-20-6-4-3-5-7-20)23(28)25-18-8-10-19(11-9-18)27-14-12-26(2)13-15-27/h3-11H,12-16H2,1-2H3,(H,25,28). The van der Waals surface area contributed by atoms with Crippen LogP contribution in [0, 0.1) is 6.92 Å². The summed E-state index contributed by atoms with van der Waals surface area (Å²) >= 11 is 1.37. The Morgan fingerprint density at radius 3 is 2.47 bits per heavy atom. The predicted molar refractivity (Wildman–Crippen MR) is 122 cm³/mol. The lowest BCUT2D eigenvalue weighted by Crippen LogP contribution is -2.44. The second kappa shape index (κ2) is 9.28. The molecule has 1 saturated heterocycles. The number of hydrogen-bond acceptors (Lipinski definition) is 6. The highest BCUT2D eigenvalue weighted by atomic mass is 32.1. The molecule has 30 heavy (non-hydrogen) atoms. The third-order valence-electron chi connectivity index (χ3n) is 5.15. The molecule has 0 spiro atoms. The fraction of sp³-hybridized carbons (Fsp3) is 0.304. The number of aromatic nitrogens is 1. The molecule has 1 N–H and O–H groups in total. The van der Waals surface area contributed by atoms with Crippen LogP contribution in [0.5, 0.6) is 5.75 Å². The number of ether oxygens (including phenoxy) is 1. The first-order chi connectivity index (χ1) is 14.6. The Balaban J connectivity index is 1.36. The van der Waals surface area contributed by atoms with Crippen LogP contribution in [0.1, 0.15) is 20.4 Å². The van der Waals surface area contributed by atoms with Crippen molar-refractivity contribution in [3.8, 4) is 5.75 Å². The van der Waals surface area contributed by atoms with Crippen molar-refractivity contribution in [2.24, 2.45) is 0 Å². The summed E-state index contributed by atoms with van der Waals surface area (Å²) in [7, 11) is 2.15. The van der Waals surface area contributed by atoms with Gasteiger partial charge in [0.2, 0.25) is 0 Å². The van der Waals surface area contributed by atoms with Gasteiger partial charge in [0.15, 0.2) is 0 Å². The molecule has 0 unspecified atom stereocenters. The molecule has 2 heterocycles. The summed E-state index contributed by atoms with van der Waals surface area (Å²) in [6.45, 7) is 6.39. The molecule has 0 atom stereocenters. The van der Waals surface area contributed by atoms with Gasteiger partial charge in [0, 0.05) is 37.6 Å². The van der Waals surface area contributed by atoms with Gasteiger partial charge < -0.3 is 19.9 Å². The monoisotopic (exact) mass is 422 g/mol. The number of benzene rings is 2. The Labute approximate surface area is 181 Å². The van der Waals surface area contributed by atoms with Crippen LogP contribution in [-0.2, 0) is 6.61 Å². The molecule has 156 valence electrons. The van der Waals surface area contributed by atoms with Gasteiger partial charge in [-0.05, 0) is 50.4 Å². The van der Waals surface area contributed by atoms with E-state index in [9.17, 15) is 4.79 Å². The predicted octanol–water partition coefficient (Wildman–Crippen LogP) is 4.03. The summed E-state index contributed by atoms with van der Waals surface area (Å²) in [5.74, 6) is 0.653. The zero-order valence-corrected chi connectivity index (χ0v) is 18.1. The molecule has 1 aliphatic heterocycles. The number of carbonyl (C=O) groups excluding carboxylic acids is 1. The van der Waals surface area contributed by atoms with Gasteiger partial charge in [-0.15, -0.1) is 11.3 Å². The average molecular weight is 423 g/mol. The molecule has 1 aromatic heterocycles. The number of hydrogen-bond donors (Lipinski definition) is 1. The molecule has 0 radical (unpaired) electrons. The molecule has 1 fully saturated rings. The quantitative estimate of drug-likeness (QED) is 0.650. The fourth-order valence-corrected chi connectivity index (χ4v) is 4.27. The van der Waals surface area contributed by atoms with Crippen molar-refractivity contribution in [1.82, 2.24) is 9.88 Å². The van der Waals surface area contributed by atoms with Crippen molar-refractivity contribution >= 4 is 28.6 Å². The lowest BCUT2D eigenvalue weighted by Gasteiger charge is -2.34. The second-order valence-corrected chi connectivity index (χ2v) is 8.50. The molecule has 4 rings (SSSR count). The van der Waals surface area contributed by atoms with Crippen LogP contribution >= 0.6 is 11.3 Å². The molecule has 6 nitrogen and oxygen atoms in total. The molecule has 3 aromatic rings. The molecule has 0 aliphatic carbocycles. The van der Waals surface area contributed by atoms with Gasteiger partial charge in [-0.3, -0.25) is 4.79 Å². The maximum absolute atomic E-state index is 12.7. The molecule has 2 aromatic carbocycles. The summed E-state index contributed by atoms with van der Waals surface area (Å²) in [5.41, 5.74) is 2.70. The van der Waals surface area contributed by atoms with E-state index in [1.54, 1.807) is 0 Å². The van der Waals surface area contributed by atoms with Crippen molar-refractivity contribution in [2.45, 2.75) is 13.5 Å². The van der Waals surface area contributed by atoms with E-state index in [0.717, 1.165) is 48.3 Å². The molecule has 0 bridgehead atoms. The van der Waals surface area contributed by atoms with E-state index in [1.807, 2.05) is 49.4 Å². The minimum atomic E-state index is -0.136. The van der Waals surface area contributed by atoms with Gasteiger partial charge in [0.05, 0.1) is 5.69 Å². The lowest BCUT2D eigenvalue weighted by molar-refractivity contribution is 0.103. The first kappa shape index (κ1) is 20.4. The van der Waals surface area contributed by atoms with Crippen molar-refractivity contribution in [2.75, 3.05) is 43.4 Å². The van der Waals surface area contributed by atoms with Gasteiger partial charge >= 0.3 is 0 Å². The first-order valence-electron chi connectivity index (χ1n) is 10.1. The van der Waals surface area contributed by atoms with Gasteiger partial charge in [0.25, 0.3) is 5.91 Å². The van der Waals surface area contributed by atoms with E-state index < -0.39 is 0 Å². The van der Waals surface area contributed by atoms with Gasteiger partial charge in [-0.1, -0.05) is 18.2 Å². The lowest BCUT2D eigenvalue weighted by atomic mass is 10.2. The number of amides is 1.